The molecule has 0 bridgehead atoms. The lowest BCUT2D eigenvalue weighted by Gasteiger charge is -2.33. The first kappa shape index (κ1) is 24.5. The van der Waals surface area contributed by atoms with E-state index in [0.29, 0.717) is 0 Å². The van der Waals surface area contributed by atoms with E-state index in [0.717, 1.165) is 27.8 Å². The molecule has 2 aliphatic heterocycles. The summed E-state index contributed by atoms with van der Waals surface area (Å²) in [4.78, 5) is 14.7. The zero-order valence-corrected chi connectivity index (χ0v) is 24.0. The topological polar surface area (TPSA) is 29.0 Å². The molecular formula is C38H24BN3S. The monoisotopic (exact) mass is 565 g/mol. The molecule has 2 aliphatic rings. The second-order valence-electron chi connectivity index (χ2n) is 11.0. The summed E-state index contributed by atoms with van der Waals surface area (Å²) in [5.74, 6) is 0. The molecule has 0 fully saturated rings. The third-order valence-corrected chi connectivity index (χ3v) is 9.73. The first-order chi connectivity index (χ1) is 21.3. The highest BCUT2D eigenvalue weighted by Crippen LogP contribution is 2.51. The molecule has 200 valence electrons. The van der Waals surface area contributed by atoms with Gasteiger partial charge in [-0.25, -0.2) is 4.98 Å². The van der Waals surface area contributed by atoms with Crippen molar-refractivity contribution in [2.24, 2.45) is 0 Å². The Balaban J connectivity index is 1.33. The van der Waals surface area contributed by atoms with Crippen molar-refractivity contribution in [3.05, 3.63) is 146 Å². The Hall–Kier alpha value is -5.13. The number of para-hydroxylation sites is 3. The molecule has 0 N–H and O–H groups in total. The normalized spacial score (nSPS) is 12.9. The Bertz CT molecular complexity index is 2150. The number of benzene rings is 5. The predicted octanol–water partition coefficient (Wildman–Crippen LogP) is 7.73. The molecule has 0 radical (unpaired) electrons. The Kier molecular flexibility index (Phi) is 5.53. The number of rotatable bonds is 3. The summed E-state index contributed by atoms with van der Waals surface area (Å²) in [6.07, 6.45) is 3.81. The third-order valence-electron chi connectivity index (χ3n) is 8.60. The van der Waals surface area contributed by atoms with E-state index in [4.69, 9.17) is 4.98 Å². The number of hydrogen-bond donors (Lipinski definition) is 0. The van der Waals surface area contributed by atoms with Gasteiger partial charge < -0.3 is 4.90 Å². The zero-order chi connectivity index (χ0) is 28.3. The van der Waals surface area contributed by atoms with Gasteiger partial charge in [0.25, 0.3) is 0 Å². The first-order valence-corrected chi connectivity index (χ1v) is 15.3. The molecule has 4 heterocycles. The smallest absolute Gasteiger partial charge is 0.245 e. The van der Waals surface area contributed by atoms with Gasteiger partial charge in [-0.1, -0.05) is 108 Å². The molecule has 43 heavy (non-hydrogen) atoms. The first-order valence-electron chi connectivity index (χ1n) is 14.5. The summed E-state index contributed by atoms with van der Waals surface area (Å²) in [7, 11) is 0. The quantitative estimate of drug-likeness (QED) is 0.205. The van der Waals surface area contributed by atoms with Crippen molar-refractivity contribution >= 4 is 62.8 Å². The van der Waals surface area contributed by atoms with E-state index >= 15 is 0 Å². The molecule has 0 aliphatic carbocycles. The summed E-state index contributed by atoms with van der Waals surface area (Å²) in [6, 6.07) is 48.1. The van der Waals surface area contributed by atoms with Crippen molar-refractivity contribution in [2.75, 3.05) is 4.90 Å². The lowest BCUT2D eigenvalue weighted by molar-refractivity contribution is 1.17. The fraction of sp³-hybridized carbons (Fsp3) is 0. The third kappa shape index (κ3) is 3.85. The van der Waals surface area contributed by atoms with Crippen LogP contribution in [0.5, 0.6) is 0 Å². The van der Waals surface area contributed by atoms with E-state index in [1.54, 1.807) is 0 Å². The number of nitrogens with zero attached hydrogens (tertiary/aromatic N) is 3. The van der Waals surface area contributed by atoms with Crippen LogP contribution in [0.15, 0.2) is 156 Å². The van der Waals surface area contributed by atoms with E-state index in [9.17, 15) is 0 Å². The Labute approximate surface area is 255 Å². The van der Waals surface area contributed by atoms with E-state index in [2.05, 4.69) is 137 Å². The Morgan fingerprint density at radius 2 is 1.33 bits per heavy atom. The van der Waals surface area contributed by atoms with E-state index < -0.39 is 0 Å². The van der Waals surface area contributed by atoms with Crippen molar-refractivity contribution in [1.82, 2.24) is 9.97 Å². The molecule has 3 nitrogen and oxygen atoms in total. The molecule has 0 unspecified atom stereocenters. The van der Waals surface area contributed by atoms with Gasteiger partial charge in [0.05, 0.1) is 22.6 Å². The minimum atomic E-state index is 0.0307. The SMILES string of the molecule is c1cncc(-c2ccc(N3c4ccccc4Sc4ccccc43)cc2B2c3ccccc3-c3nc4ccccc4cc32)c1. The van der Waals surface area contributed by atoms with Gasteiger partial charge in [0.1, 0.15) is 0 Å². The van der Waals surface area contributed by atoms with Crippen molar-refractivity contribution in [3.63, 3.8) is 0 Å². The van der Waals surface area contributed by atoms with Gasteiger partial charge in [-0.05, 0) is 76.1 Å². The molecule has 0 saturated carbocycles. The van der Waals surface area contributed by atoms with Crippen LogP contribution in [0.3, 0.4) is 0 Å². The second-order valence-corrected chi connectivity index (χ2v) is 12.1. The lowest BCUT2D eigenvalue weighted by atomic mass is 9.38. The molecule has 5 heteroatoms. The Morgan fingerprint density at radius 1 is 0.581 bits per heavy atom. The summed E-state index contributed by atoms with van der Waals surface area (Å²) < 4.78 is 0. The van der Waals surface area contributed by atoms with Crippen LogP contribution in [0, 0.1) is 0 Å². The van der Waals surface area contributed by atoms with Crippen LogP contribution in [0.1, 0.15) is 0 Å². The fourth-order valence-corrected chi connectivity index (χ4v) is 7.79. The maximum atomic E-state index is 5.22. The minimum Gasteiger partial charge on any atom is -0.308 e. The maximum absolute atomic E-state index is 5.22. The maximum Gasteiger partial charge on any atom is 0.245 e. The molecule has 0 atom stereocenters. The number of fused-ring (bicyclic) bond motifs is 6. The van der Waals surface area contributed by atoms with Gasteiger partial charge in [0.2, 0.25) is 6.71 Å². The van der Waals surface area contributed by atoms with Crippen LogP contribution in [0.2, 0.25) is 0 Å². The summed E-state index contributed by atoms with van der Waals surface area (Å²) in [5, 5.41) is 1.16. The summed E-state index contributed by atoms with van der Waals surface area (Å²) in [6.45, 7) is 0.0307. The standard InChI is InChI=1S/C38H24BN3S/c1-4-14-33-25(10-1)22-32-38(41-33)29-12-2-3-13-30(29)39(32)31-23-27(19-20-28(31)26-11-9-21-40-24-26)42-34-15-5-7-17-36(34)43-37-18-8-6-16-35(37)42/h1-24H. The molecule has 5 aromatic carbocycles. The van der Waals surface area contributed by atoms with Crippen LogP contribution in [-0.2, 0) is 0 Å². The van der Waals surface area contributed by atoms with Crippen molar-refractivity contribution in [3.8, 4) is 22.4 Å². The zero-order valence-electron chi connectivity index (χ0n) is 23.2. The number of hydrogen-bond acceptors (Lipinski definition) is 4. The Morgan fingerprint density at radius 3 is 2.14 bits per heavy atom. The average molecular weight is 566 g/mol. The predicted molar refractivity (Wildman–Crippen MR) is 180 cm³/mol. The van der Waals surface area contributed by atoms with Gasteiger partial charge in [-0.3, -0.25) is 4.98 Å². The highest BCUT2D eigenvalue weighted by atomic mass is 32.2. The highest BCUT2D eigenvalue weighted by Gasteiger charge is 2.37. The van der Waals surface area contributed by atoms with Crippen LogP contribution in [0.25, 0.3) is 33.3 Å². The van der Waals surface area contributed by atoms with Crippen LogP contribution in [0.4, 0.5) is 17.1 Å². The molecule has 2 aromatic heterocycles. The molecule has 7 aromatic rings. The van der Waals surface area contributed by atoms with Crippen LogP contribution in [-0.4, -0.2) is 16.7 Å². The van der Waals surface area contributed by atoms with E-state index in [1.165, 1.54) is 48.7 Å². The minimum absolute atomic E-state index is 0.0307. The number of anilines is 3. The molecule has 9 rings (SSSR count). The van der Waals surface area contributed by atoms with Crippen molar-refractivity contribution in [2.45, 2.75) is 9.79 Å². The summed E-state index contributed by atoms with van der Waals surface area (Å²) >= 11 is 1.83. The van der Waals surface area contributed by atoms with Crippen molar-refractivity contribution in [1.29, 1.82) is 0 Å². The average Bonchev–Trinajstić information content (AvgIpc) is 3.39. The summed E-state index contributed by atoms with van der Waals surface area (Å²) in [5.41, 5.74) is 12.9. The van der Waals surface area contributed by atoms with E-state index in [-0.39, 0.29) is 6.71 Å². The molecule has 0 amide bonds. The second kappa shape index (κ2) is 9.72. The van der Waals surface area contributed by atoms with Gasteiger partial charge in [-0.2, -0.15) is 0 Å². The largest absolute Gasteiger partial charge is 0.308 e. The van der Waals surface area contributed by atoms with Gasteiger partial charge in [0, 0.05) is 27.9 Å². The van der Waals surface area contributed by atoms with E-state index in [1.807, 2.05) is 30.2 Å². The highest BCUT2D eigenvalue weighted by molar-refractivity contribution is 7.99. The van der Waals surface area contributed by atoms with Gasteiger partial charge in [-0.15, -0.1) is 0 Å². The molecular weight excluding hydrogens is 541 g/mol. The van der Waals surface area contributed by atoms with Crippen LogP contribution < -0.4 is 21.3 Å². The number of aromatic nitrogens is 2. The van der Waals surface area contributed by atoms with Crippen molar-refractivity contribution < 1.29 is 0 Å². The molecule has 0 spiro atoms. The number of pyridine rings is 2. The van der Waals surface area contributed by atoms with Gasteiger partial charge in [0.15, 0.2) is 0 Å². The van der Waals surface area contributed by atoms with Gasteiger partial charge >= 0.3 is 0 Å². The fourth-order valence-electron chi connectivity index (χ4n) is 6.73. The lowest BCUT2D eigenvalue weighted by Crippen LogP contribution is -2.50. The van der Waals surface area contributed by atoms with Crippen LogP contribution >= 0.6 is 11.8 Å². The molecule has 0 saturated heterocycles.